The fourth-order valence-electron chi connectivity index (χ4n) is 3.58. The zero-order chi connectivity index (χ0) is 20.1. The molecule has 1 amide bonds. The third-order valence-corrected chi connectivity index (χ3v) is 5.07. The van der Waals surface area contributed by atoms with Crippen molar-refractivity contribution in [1.29, 1.82) is 0 Å². The molecule has 0 bridgehead atoms. The Labute approximate surface area is 169 Å². The van der Waals surface area contributed by atoms with Crippen molar-refractivity contribution < 1.29 is 9.32 Å². The zero-order valence-corrected chi connectivity index (χ0v) is 16.5. The van der Waals surface area contributed by atoms with Gasteiger partial charge in [0.15, 0.2) is 11.6 Å². The largest absolute Gasteiger partial charge is 0.360 e. The van der Waals surface area contributed by atoms with E-state index in [0.29, 0.717) is 28.9 Å². The summed E-state index contributed by atoms with van der Waals surface area (Å²) in [5, 5.41) is 10.2. The molecule has 2 aromatic heterocycles. The van der Waals surface area contributed by atoms with Crippen LogP contribution in [0.25, 0.3) is 11.4 Å². The molecule has 0 unspecified atom stereocenters. The Bertz CT molecular complexity index is 962. The van der Waals surface area contributed by atoms with Crippen LogP contribution in [0.4, 0.5) is 11.6 Å². The van der Waals surface area contributed by atoms with E-state index in [0.717, 1.165) is 31.2 Å². The van der Waals surface area contributed by atoms with Gasteiger partial charge in [0.2, 0.25) is 0 Å². The van der Waals surface area contributed by atoms with Gasteiger partial charge in [-0.3, -0.25) is 4.79 Å². The molecule has 0 atom stereocenters. The fourth-order valence-corrected chi connectivity index (χ4v) is 3.58. The van der Waals surface area contributed by atoms with E-state index in [1.165, 1.54) is 12.8 Å². The SMILES string of the molecule is Cc1cc(Nc2cc(C(=O)NC3CCCCCC3)nc(-c3ccccc3)n2)no1. The molecule has 150 valence electrons. The third-order valence-electron chi connectivity index (χ3n) is 5.07. The third kappa shape index (κ3) is 4.99. The Morgan fingerprint density at radius 1 is 1.00 bits per heavy atom. The van der Waals surface area contributed by atoms with Gasteiger partial charge in [0.1, 0.15) is 17.3 Å². The molecule has 2 heterocycles. The van der Waals surface area contributed by atoms with Crippen LogP contribution in [0.3, 0.4) is 0 Å². The highest BCUT2D eigenvalue weighted by molar-refractivity contribution is 5.93. The Kier molecular flexibility index (Phi) is 5.84. The summed E-state index contributed by atoms with van der Waals surface area (Å²) in [6.45, 7) is 1.82. The monoisotopic (exact) mass is 391 g/mol. The van der Waals surface area contributed by atoms with E-state index < -0.39 is 0 Å². The average Bonchev–Trinajstić information content (AvgIpc) is 2.98. The predicted molar refractivity (Wildman–Crippen MR) is 111 cm³/mol. The summed E-state index contributed by atoms with van der Waals surface area (Å²) in [6, 6.07) is 13.3. The van der Waals surface area contributed by atoms with Crippen molar-refractivity contribution in [3.05, 3.63) is 53.9 Å². The van der Waals surface area contributed by atoms with Crippen LogP contribution in [-0.4, -0.2) is 27.1 Å². The number of rotatable bonds is 5. The van der Waals surface area contributed by atoms with Crippen molar-refractivity contribution in [2.24, 2.45) is 0 Å². The maximum absolute atomic E-state index is 13.0. The molecule has 1 aromatic carbocycles. The Hall–Kier alpha value is -3.22. The smallest absolute Gasteiger partial charge is 0.270 e. The normalized spacial score (nSPS) is 14.9. The summed E-state index contributed by atoms with van der Waals surface area (Å²) in [4.78, 5) is 22.1. The highest BCUT2D eigenvalue weighted by Crippen LogP contribution is 2.22. The molecule has 1 saturated carbocycles. The van der Waals surface area contributed by atoms with Crippen molar-refractivity contribution in [1.82, 2.24) is 20.4 Å². The summed E-state index contributed by atoms with van der Waals surface area (Å²) in [5.41, 5.74) is 1.18. The average molecular weight is 391 g/mol. The van der Waals surface area contributed by atoms with Gasteiger partial charge in [0.25, 0.3) is 5.91 Å². The lowest BCUT2D eigenvalue weighted by Gasteiger charge is -2.16. The van der Waals surface area contributed by atoms with Gasteiger partial charge in [-0.05, 0) is 19.8 Å². The summed E-state index contributed by atoms with van der Waals surface area (Å²) < 4.78 is 5.11. The lowest BCUT2D eigenvalue weighted by atomic mass is 10.1. The zero-order valence-electron chi connectivity index (χ0n) is 16.5. The quantitative estimate of drug-likeness (QED) is 0.616. The molecule has 1 aliphatic carbocycles. The molecule has 4 rings (SSSR count). The molecular weight excluding hydrogens is 366 g/mol. The standard InChI is InChI=1S/C22H25N5O2/c1-15-13-20(27-29-15)25-19-14-18(22(28)23-17-11-7-2-3-8-12-17)24-21(26-19)16-9-5-4-6-10-16/h4-6,9-10,13-14,17H,2-3,7-8,11-12H2,1H3,(H,23,28)(H,24,25,26,27). The number of nitrogens with zero attached hydrogens (tertiary/aromatic N) is 3. The molecule has 0 saturated heterocycles. The Balaban J connectivity index is 1.62. The number of aromatic nitrogens is 3. The van der Waals surface area contributed by atoms with Crippen molar-refractivity contribution in [2.45, 2.75) is 51.5 Å². The maximum atomic E-state index is 13.0. The van der Waals surface area contributed by atoms with Gasteiger partial charge in [-0.25, -0.2) is 9.97 Å². The summed E-state index contributed by atoms with van der Waals surface area (Å²) in [7, 11) is 0. The number of benzene rings is 1. The van der Waals surface area contributed by atoms with E-state index in [2.05, 4.69) is 25.8 Å². The van der Waals surface area contributed by atoms with Gasteiger partial charge in [-0.2, -0.15) is 0 Å². The number of hydrogen-bond acceptors (Lipinski definition) is 6. The van der Waals surface area contributed by atoms with E-state index in [1.807, 2.05) is 37.3 Å². The number of nitrogens with one attached hydrogen (secondary N) is 2. The van der Waals surface area contributed by atoms with Crippen LogP contribution in [0.2, 0.25) is 0 Å². The van der Waals surface area contributed by atoms with Gasteiger partial charge >= 0.3 is 0 Å². The van der Waals surface area contributed by atoms with Crippen LogP contribution >= 0.6 is 0 Å². The number of carbonyl (C=O) groups excluding carboxylic acids is 1. The van der Waals surface area contributed by atoms with Gasteiger partial charge in [0.05, 0.1) is 0 Å². The maximum Gasteiger partial charge on any atom is 0.270 e. The second kappa shape index (κ2) is 8.86. The molecule has 1 aliphatic rings. The van der Waals surface area contributed by atoms with E-state index in [1.54, 1.807) is 12.1 Å². The minimum absolute atomic E-state index is 0.170. The summed E-state index contributed by atoms with van der Waals surface area (Å²) in [6.07, 6.45) is 6.83. The fraction of sp³-hybridized carbons (Fsp3) is 0.364. The molecule has 0 radical (unpaired) electrons. The van der Waals surface area contributed by atoms with Crippen molar-refractivity contribution >= 4 is 17.5 Å². The van der Waals surface area contributed by atoms with Gasteiger partial charge in [-0.15, -0.1) is 0 Å². The van der Waals surface area contributed by atoms with Crippen molar-refractivity contribution in [3.63, 3.8) is 0 Å². The highest BCUT2D eigenvalue weighted by Gasteiger charge is 2.19. The van der Waals surface area contributed by atoms with Gasteiger partial charge in [-0.1, -0.05) is 61.2 Å². The second-order valence-corrected chi connectivity index (χ2v) is 7.44. The van der Waals surface area contributed by atoms with E-state index in [9.17, 15) is 4.79 Å². The summed E-state index contributed by atoms with van der Waals surface area (Å²) >= 11 is 0. The molecule has 0 aliphatic heterocycles. The van der Waals surface area contributed by atoms with Gasteiger partial charge in [0, 0.05) is 23.7 Å². The highest BCUT2D eigenvalue weighted by atomic mass is 16.5. The lowest BCUT2D eigenvalue weighted by molar-refractivity contribution is 0.0928. The number of aryl methyl sites for hydroxylation is 1. The number of anilines is 2. The molecule has 3 aromatic rings. The topological polar surface area (TPSA) is 92.9 Å². The first-order valence-corrected chi connectivity index (χ1v) is 10.1. The first-order chi connectivity index (χ1) is 14.2. The lowest BCUT2D eigenvalue weighted by Crippen LogP contribution is -2.35. The first-order valence-electron chi connectivity index (χ1n) is 10.1. The molecule has 7 nitrogen and oxygen atoms in total. The van der Waals surface area contributed by atoms with Crippen molar-refractivity contribution in [3.8, 4) is 11.4 Å². The Morgan fingerprint density at radius 3 is 2.45 bits per heavy atom. The van der Waals surface area contributed by atoms with Crippen LogP contribution in [0.5, 0.6) is 0 Å². The van der Waals surface area contributed by atoms with E-state index in [-0.39, 0.29) is 11.9 Å². The molecule has 7 heteroatoms. The molecule has 0 spiro atoms. The first kappa shape index (κ1) is 19.1. The molecule has 1 fully saturated rings. The van der Waals surface area contributed by atoms with Crippen molar-refractivity contribution in [2.75, 3.05) is 5.32 Å². The molecule has 2 N–H and O–H groups in total. The second-order valence-electron chi connectivity index (χ2n) is 7.44. The van der Waals surface area contributed by atoms with Crippen LogP contribution in [0, 0.1) is 6.92 Å². The number of amides is 1. The Morgan fingerprint density at radius 2 is 1.76 bits per heavy atom. The minimum Gasteiger partial charge on any atom is -0.360 e. The van der Waals surface area contributed by atoms with E-state index in [4.69, 9.17) is 4.52 Å². The molecule has 29 heavy (non-hydrogen) atoms. The number of carbonyl (C=O) groups is 1. The van der Waals surface area contributed by atoms with Crippen LogP contribution in [-0.2, 0) is 0 Å². The van der Waals surface area contributed by atoms with Crippen LogP contribution < -0.4 is 10.6 Å². The minimum atomic E-state index is -0.170. The predicted octanol–water partition coefficient (Wildman–Crippen LogP) is 4.64. The summed E-state index contributed by atoms with van der Waals surface area (Å²) in [5.74, 6) is 2.04. The number of hydrogen-bond donors (Lipinski definition) is 2. The molecular formula is C22H25N5O2. The van der Waals surface area contributed by atoms with Gasteiger partial charge < -0.3 is 15.2 Å². The van der Waals surface area contributed by atoms with E-state index >= 15 is 0 Å². The van der Waals surface area contributed by atoms with Crippen LogP contribution in [0.15, 0.2) is 47.0 Å². The van der Waals surface area contributed by atoms with Crippen LogP contribution in [0.1, 0.15) is 54.8 Å².